The van der Waals surface area contributed by atoms with E-state index in [9.17, 15) is 4.79 Å². The normalized spacial score (nSPS) is 9.80. The molecule has 0 radical (unpaired) electrons. The third-order valence-electron chi connectivity index (χ3n) is 2.33. The van der Waals surface area contributed by atoms with Crippen molar-refractivity contribution in [2.45, 2.75) is 6.92 Å². The Morgan fingerprint density at radius 2 is 2.20 bits per heavy atom. The summed E-state index contributed by atoms with van der Waals surface area (Å²) < 4.78 is 4.71. The van der Waals surface area contributed by atoms with Crippen molar-refractivity contribution in [1.82, 2.24) is 0 Å². The minimum Gasteiger partial charge on any atom is -0.465 e. The Labute approximate surface area is 89.6 Å². The number of hydrogen-bond acceptors (Lipinski definition) is 4. The van der Waals surface area contributed by atoms with Crippen LogP contribution in [-0.4, -0.2) is 26.7 Å². The van der Waals surface area contributed by atoms with Crippen molar-refractivity contribution in [3.05, 3.63) is 23.8 Å². The van der Waals surface area contributed by atoms with Gasteiger partial charge in [-0.25, -0.2) is 4.79 Å². The Kier molecular flexibility index (Phi) is 3.55. The van der Waals surface area contributed by atoms with E-state index in [0.717, 1.165) is 12.2 Å². The van der Waals surface area contributed by atoms with Crippen molar-refractivity contribution >= 4 is 17.3 Å². The van der Waals surface area contributed by atoms with Gasteiger partial charge in [-0.1, -0.05) is 6.07 Å². The number of anilines is 2. The highest BCUT2D eigenvalue weighted by molar-refractivity contribution is 5.99. The van der Waals surface area contributed by atoms with E-state index >= 15 is 0 Å². The summed E-state index contributed by atoms with van der Waals surface area (Å²) in [6, 6.07) is 5.23. The molecule has 0 aliphatic carbocycles. The number of para-hydroxylation sites is 1. The van der Waals surface area contributed by atoms with Crippen LogP contribution in [0.2, 0.25) is 0 Å². The molecule has 1 aromatic rings. The maximum atomic E-state index is 11.5. The molecular formula is C11H16N2O2. The first-order valence-electron chi connectivity index (χ1n) is 4.79. The summed E-state index contributed by atoms with van der Waals surface area (Å²) >= 11 is 0. The predicted octanol–water partition coefficient (Wildman–Crippen LogP) is 1.51. The Morgan fingerprint density at radius 1 is 1.53 bits per heavy atom. The molecule has 0 aliphatic heterocycles. The minimum atomic E-state index is -0.363. The number of nitrogen functional groups attached to an aromatic ring is 1. The van der Waals surface area contributed by atoms with Crippen LogP contribution >= 0.6 is 0 Å². The monoisotopic (exact) mass is 208 g/mol. The van der Waals surface area contributed by atoms with Crippen molar-refractivity contribution < 1.29 is 9.53 Å². The first kappa shape index (κ1) is 11.4. The van der Waals surface area contributed by atoms with Crippen LogP contribution in [0.4, 0.5) is 11.4 Å². The van der Waals surface area contributed by atoms with E-state index in [0.29, 0.717) is 11.3 Å². The molecule has 0 aromatic heterocycles. The standard InChI is InChI=1S/C11H16N2O2/c1-4-13(2)10-8(11(14)15-3)6-5-7-9(10)12/h5-7H,4,12H2,1-3H3. The Balaban J connectivity index is 3.26. The number of esters is 1. The van der Waals surface area contributed by atoms with Gasteiger partial charge in [-0.2, -0.15) is 0 Å². The molecule has 0 saturated carbocycles. The molecule has 82 valence electrons. The summed E-state index contributed by atoms with van der Waals surface area (Å²) in [7, 11) is 3.25. The smallest absolute Gasteiger partial charge is 0.340 e. The van der Waals surface area contributed by atoms with Crippen molar-refractivity contribution in [3.63, 3.8) is 0 Å². The molecule has 2 N–H and O–H groups in total. The van der Waals surface area contributed by atoms with E-state index in [1.165, 1.54) is 7.11 Å². The first-order chi connectivity index (χ1) is 7.11. The molecular weight excluding hydrogens is 192 g/mol. The fourth-order valence-corrected chi connectivity index (χ4v) is 1.42. The topological polar surface area (TPSA) is 55.6 Å². The number of hydrogen-bond donors (Lipinski definition) is 1. The highest BCUT2D eigenvalue weighted by atomic mass is 16.5. The first-order valence-corrected chi connectivity index (χ1v) is 4.79. The molecule has 0 saturated heterocycles. The highest BCUT2D eigenvalue weighted by Gasteiger charge is 2.16. The van der Waals surface area contributed by atoms with E-state index in [-0.39, 0.29) is 5.97 Å². The molecule has 0 unspecified atom stereocenters. The molecule has 0 fully saturated rings. The molecule has 0 atom stereocenters. The van der Waals surface area contributed by atoms with Crippen LogP contribution in [-0.2, 0) is 4.74 Å². The summed E-state index contributed by atoms with van der Waals surface area (Å²) in [4.78, 5) is 13.4. The van der Waals surface area contributed by atoms with Gasteiger partial charge in [0.2, 0.25) is 0 Å². The van der Waals surface area contributed by atoms with Gasteiger partial charge in [0, 0.05) is 13.6 Å². The Bertz CT molecular complexity index is 364. The molecule has 0 aliphatic rings. The lowest BCUT2D eigenvalue weighted by atomic mass is 10.1. The van der Waals surface area contributed by atoms with Crippen LogP contribution < -0.4 is 10.6 Å². The zero-order valence-electron chi connectivity index (χ0n) is 9.28. The van der Waals surface area contributed by atoms with Crippen LogP contribution in [0.1, 0.15) is 17.3 Å². The fourth-order valence-electron chi connectivity index (χ4n) is 1.42. The van der Waals surface area contributed by atoms with Crippen molar-refractivity contribution in [3.8, 4) is 0 Å². The molecule has 4 nitrogen and oxygen atoms in total. The van der Waals surface area contributed by atoms with Gasteiger partial charge in [0.25, 0.3) is 0 Å². The molecule has 4 heteroatoms. The number of carbonyl (C=O) groups excluding carboxylic acids is 1. The maximum absolute atomic E-state index is 11.5. The Morgan fingerprint density at radius 3 is 2.73 bits per heavy atom. The lowest BCUT2D eigenvalue weighted by Gasteiger charge is -2.21. The van der Waals surface area contributed by atoms with E-state index in [1.807, 2.05) is 18.9 Å². The zero-order valence-corrected chi connectivity index (χ0v) is 9.28. The second-order valence-electron chi connectivity index (χ2n) is 3.25. The van der Waals surface area contributed by atoms with Gasteiger partial charge in [-0.15, -0.1) is 0 Å². The van der Waals surface area contributed by atoms with Crippen LogP contribution in [0.3, 0.4) is 0 Å². The number of nitrogens with zero attached hydrogens (tertiary/aromatic N) is 1. The quantitative estimate of drug-likeness (QED) is 0.604. The molecule has 0 amide bonds. The molecule has 1 aromatic carbocycles. The van der Waals surface area contributed by atoms with Gasteiger partial charge >= 0.3 is 5.97 Å². The summed E-state index contributed by atoms with van der Waals surface area (Å²) in [6.45, 7) is 2.77. The molecule has 0 bridgehead atoms. The third kappa shape index (κ3) is 2.21. The zero-order chi connectivity index (χ0) is 11.4. The van der Waals surface area contributed by atoms with Crippen LogP contribution in [0.25, 0.3) is 0 Å². The average molecular weight is 208 g/mol. The maximum Gasteiger partial charge on any atom is 0.340 e. The summed E-state index contributed by atoms with van der Waals surface area (Å²) in [5.41, 5.74) is 7.66. The van der Waals surface area contributed by atoms with Gasteiger partial charge in [0.05, 0.1) is 24.0 Å². The van der Waals surface area contributed by atoms with E-state index in [4.69, 9.17) is 10.5 Å². The lowest BCUT2D eigenvalue weighted by molar-refractivity contribution is 0.0601. The third-order valence-corrected chi connectivity index (χ3v) is 2.33. The van der Waals surface area contributed by atoms with Gasteiger partial charge in [0.1, 0.15) is 0 Å². The summed E-state index contributed by atoms with van der Waals surface area (Å²) in [5, 5.41) is 0. The van der Waals surface area contributed by atoms with Gasteiger partial charge in [-0.05, 0) is 19.1 Å². The number of ether oxygens (including phenoxy) is 1. The highest BCUT2D eigenvalue weighted by Crippen LogP contribution is 2.27. The van der Waals surface area contributed by atoms with Crippen LogP contribution in [0.5, 0.6) is 0 Å². The predicted molar refractivity (Wildman–Crippen MR) is 61.1 cm³/mol. The number of methoxy groups -OCH3 is 1. The number of nitrogens with two attached hydrogens (primary N) is 1. The van der Waals surface area contributed by atoms with Crippen LogP contribution in [0, 0.1) is 0 Å². The minimum absolute atomic E-state index is 0.363. The number of carbonyl (C=O) groups is 1. The summed E-state index contributed by atoms with van der Waals surface area (Å²) in [6.07, 6.45) is 0. The van der Waals surface area contributed by atoms with Crippen molar-refractivity contribution in [1.29, 1.82) is 0 Å². The molecule has 0 heterocycles. The van der Waals surface area contributed by atoms with E-state index in [2.05, 4.69) is 0 Å². The molecule has 15 heavy (non-hydrogen) atoms. The number of benzene rings is 1. The second-order valence-corrected chi connectivity index (χ2v) is 3.25. The molecule has 1 rings (SSSR count). The lowest BCUT2D eigenvalue weighted by Crippen LogP contribution is -2.21. The fraction of sp³-hybridized carbons (Fsp3) is 0.364. The largest absolute Gasteiger partial charge is 0.465 e. The van der Waals surface area contributed by atoms with E-state index in [1.54, 1.807) is 18.2 Å². The van der Waals surface area contributed by atoms with Crippen molar-refractivity contribution in [2.75, 3.05) is 31.3 Å². The van der Waals surface area contributed by atoms with Gasteiger partial charge in [-0.3, -0.25) is 0 Å². The average Bonchev–Trinajstić information content (AvgIpc) is 2.26. The second kappa shape index (κ2) is 4.68. The van der Waals surface area contributed by atoms with Crippen LogP contribution in [0.15, 0.2) is 18.2 Å². The van der Waals surface area contributed by atoms with Gasteiger partial charge in [0.15, 0.2) is 0 Å². The van der Waals surface area contributed by atoms with Gasteiger partial charge < -0.3 is 15.4 Å². The summed E-state index contributed by atoms with van der Waals surface area (Å²) in [5.74, 6) is -0.363. The Hall–Kier alpha value is -1.71. The van der Waals surface area contributed by atoms with Crippen molar-refractivity contribution in [2.24, 2.45) is 0 Å². The SMILES string of the molecule is CCN(C)c1c(N)cccc1C(=O)OC. The van der Waals surface area contributed by atoms with E-state index < -0.39 is 0 Å². The molecule has 0 spiro atoms. The number of rotatable bonds is 3.